The normalized spacial score (nSPS) is 13.6. The maximum atomic E-state index is 12.2. The van der Waals surface area contributed by atoms with Crippen molar-refractivity contribution in [3.8, 4) is 0 Å². The van der Waals surface area contributed by atoms with Crippen LogP contribution in [0.25, 0.3) is 0 Å². The fourth-order valence-corrected chi connectivity index (χ4v) is 2.75. The minimum Gasteiger partial charge on any atom is -0.338 e. The minimum absolute atomic E-state index is 0.143. The van der Waals surface area contributed by atoms with Crippen LogP contribution < -0.4 is 10.9 Å². The Kier molecular flexibility index (Phi) is 5.09. The third-order valence-corrected chi connectivity index (χ3v) is 4.06. The highest BCUT2D eigenvalue weighted by Crippen LogP contribution is 2.15. The molecule has 0 bridgehead atoms. The van der Waals surface area contributed by atoms with Gasteiger partial charge in [0.2, 0.25) is 5.91 Å². The Balaban J connectivity index is 1.59. The summed E-state index contributed by atoms with van der Waals surface area (Å²) in [6, 6.07) is 15.7. The van der Waals surface area contributed by atoms with Crippen LogP contribution in [0.1, 0.15) is 39.1 Å². The van der Waals surface area contributed by atoms with Gasteiger partial charge in [0, 0.05) is 30.6 Å². The van der Waals surface area contributed by atoms with Crippen molar-refractivity contribution in [2.75, 3.05) is 6.54 Å². The first-order valence-corrected chi connectivity index (χ1v) is 8.16. The van der Waals surface area contributed by atoms with Crippen LogP contribution in [0, 0.1) is 0 Å². The summed E-state index contributed by atoms with van der Waals surface area (Å²) in [7, 11) is 0. The molecule has 0 spiro atoms. The van der Waals surface area contributed by atoms with Gasteiger partial charge < -0.3 is 4.90 Å². The summed E-state index contributed by atoms with van der Waals surface area (Å²) in [6.45, 7) is 1.25. The van der Waals surface area contributed by atoms with E-state index in [0.717, 1.165) is 18.5 Å². The maximum Gasteiger partial charge on any atom is 0.269 e. The third kappa shape index (κ3) is 4.23. The highest BCUT2D eigenvalue weighted by molar-refractivity contribution is 5.99. The van der Waals surface area contributed by atoms with E-state index in [-0.39, 0.29) is 11.8 Å². The zero-order chi connectivity index (χ0) is 17.6. The van der Waals surface area contributed by atoms with Gasteiger partial charge in [-0.15, -0.1) is 0 Å². The molecule has 3 amide bonds. The zero-order valence-electron chi connectivity index (χ0n) is 13.7. The van der Waals surface area contributed by atoms with E-state index in [1.807, 2.05) is 12.1 Å². The second-order valence-corrected chi connectivity index (χ2v) is 5.89. The van der Waals surface area contributed by atoms with Gasteiger partial charge in [-0.2, -0.15) is 0 Å². The van der Waals surface area contributed by atoms with E-state index in [1.165, 1.54) is 0 Å². The zero-order valence-corrected chi connectivity index (χ0v) is 13.7. The SMILES string of the molecule is O=C(NNC(=O)c1cccc(CN2CCCC2=O)c1)c1ccccc1. The number of carbonyl (C=O) groups is 3. The third-order valence-electron chi connectivity index (χ3n) is 4.06. The van der Waals surface area contributed by atoms with Crippen molar-refractivity contribution in [2.24, 2.45) is 0 Å². The number of benzene rings is 2. The first-order chi connectivity index (χ1) is 12.1. The van der Waals surface area contributed by atoms with Crippen molar-refractivity contribution >= 4 is 17.7 Å². The standard InChI is InChI=1S/C19H19N3O3/c23-17-10-5-11-22(17)13-14-6-4-9-16(12-14)19(25)21-20-18(24)15-7-2-1-3-8-15/h1-4,6-9,12H,5,10-11,13H2,(H,20,24)(H,21,25). The molecule has 2 N–H and O–H groups in total. The Hall–Kier alpha value is -3.15. The predicted octanol–water partition coefficient (Wildman–Crippen LogP) is 1.88. The predicted molar refractivity (Wildman–Crippen MR) is 92.5 cm³/mol. The highest BCUT2D eigenvalue weighted by atomic mass is 16.2. The van der Waals surface area contributed by atoms with E-state index in [1.54, 1.807) is 47.4 Å². The molecule has 1 aliphatic rings. The van der Waals surface area contributed by atoms with Crippen molar-refractivity contribution in [3.05, 3.63) is 71.3 Å². The van der Waals surface area contributed by atoms with Gasteiger partial charge in [0.05, 0.1) is 0 Å². The van der Waals surface area contributed by atoms with Crippen LogP contribution in [0.15, 0.2) is 54.6 Å². The molecule has 6 nitrogen and oxygen atoms in total. The van der Waals surface area contributed by atoms with Crippen molar-refractivity contribution in [1.82, 2.24) is 15.8 Å². The van der Waals surface area contributed by atoms with Crippen LogP contribution in [0.4, 0.5) is 0 Å². The Labute approximate surface area is 145 Å². The van der Waals surface area contributed by atoms with Crippen molar-refractivity contribution in [2.45, 2.75) is 19.4 Å². The summed E-state index contributed by atoms with van der Waals surface area (Å²) in [4.78, 5) is 37.7. The van der Waals surface area contributed by atoms with Gasteiger partial charge >= 0.3 is 0 Å². The van der Waals surface area contributed by atoms with Crippen LogP contribution in [0.3, 0.4) is 0 Å². The number of likely N-dealkylation sites (tertiary alicyclic amines) is 1. The molecule has 25 heavy (non-hydrogen) atoms. The lowest BCUT2D eigenvalue weighted by molar-refractivity contribution is -0.128. The molecule has 0 aliphatic carbocycles. The molecule has 1 saturated heterocycles. The van der Waals surface area contributed by atoms with Gasteiger partial charge in [0.1, 0.15) is 0 Å². The number of hydrogen-bond donors (Lipinski definition) is 2. The van der Waals surface area contributed by atoms with Gasteiger partial charge in [-0.25, -0.2) is 0 Å². The van der Waals surface area contributed by atoms with E-state index in [9.17, 15) is 14.4 Å². The lowest BCUT2D eigenvalue weighted by Gasteiger charge is -2.16. The number of amides is 3. The molecule has 1 fully saturated rings. The monoisotopic (exact) mass is 337 g/mol. The quantitative estimate of drug-likeness (QED) is 0.836. The first-order valence-electron chi connectivity index (χ1n) is 8.16. The largest absolute Gasteiger partial charge is 0.338 e. The lowest BCUT2D eigenvalue weighted by Crippen LogP contribution is -2.41. The van der Waals surface area contributed by atoms with Crippen LogP contribution in [0.5, 0.6) is 0 Å². The Morgan fingerprint density at radius 2 is 1.60 bits per heavy atom. The molecule has 0 saturated carbocycles. The second kappa shape index (κ2) is 7.61. The summed E-state index contributed by atoms with van der Waals surface area (Å²) < 4.78 is 0. The van der Waals surface area contributed by atoms with Crippen molar-refractivity contribution < 1.29 is 14.4 Å². The van der Waals surface area contributed by atoms with E-state index >= 15 is 0 Å². The summed E-state index contributed by atoms with van der Waals surface area (Å²) in [6.07, 6.45) is 1.47. The summed E-state index contributed by atoms with van der Waals surface area (Å²) >= 11 is 0. The van der Waals surface area contributed by atoms with Crippen LogP contribution in [-0.2, 0) is 11.3 Å². The average Bonchev–Trinajstić information content (AvgIpc) is 3.05. The summed E-state index contributed by atoms with van der Waals surface area (Å²) in [5.74, 6) is -0.642. The van der Waals surface area contributed by atoms with Gasteiger partial charge in [-0.05, 0) is 36.2 Å². The van der Waals surface area contributed by atoms with Gasteiger partial charge in [-0.3, -0.25) is 25.2 Å². The molecular weight excluding hydrogens is 318 g/mol. The minimum atomic E-state index is -0.404. The van der Waals surface area contributed by atoms with Gasteiger partial charge in [0.25, 0.3) is 11.8 Å². The van der Waals surface area contributed by atoms with Crippen molar-refractivity contribution in [1.29, 1.82) is 0 Å². The molecule has 3 rings (SSSR count). The highest BCUT2D eigenvalue weighted by Gasteiger charge is 2.20. The number of rotatable bonds is 4. The smallest absolute Gasteiger partial charge is 0.269 e. The molecule has 6 heteroatoms. The molecule has 1 heterocycles. The molecule has 0 atom stereocenters. The van der Waals surface area contributed by atoms with E-state index in [4.69, 9.17) is 0 Å². The van der Waals surface area contributed by atoms with Crippen LogP contribution in [-0.4, -0.2) is 29.2 Å². The summed E-state index contributed by atoms with van der Waals surface area (Å²) in [5.41, 5.74) is 6.58. The van der Waals surface area contributed by atoms with E-state index < -0.39 is 5.91 Å². The van der Waals surface area contributed by atoms with Crippen LogP contribution in [0.2, 0.25) is 0 Å². The molecule has 128 valence electrons. The van der Waals surface area contributed by atoms with Crippen molar-refractivity contribution in [3.63, 3.8) is 0 Å². The first kappa shape index (κ1) is 16.7. The Morgan fingerprint density at radius 1 is 0.920 bits per heavy atom. The molecule has 2 aromatic rings. The van der Waals surface area contributed by atoms with Crippen LogP contribution >= 0.6 is 0 Å². The fourth-order valence-electron chi connectivity index (χ4n) is 2.75. The van der Waals surface area contributed by atoms with Gasteiger partial charge in [-0.1, -0.05) is 30.3 Å². The van der Waals surface area contributed by atoms with E-state index in [0.29, 0.717) is 24.1 Å². The second-order valence-electron chi connectivity index (χ2n) is 5.89. The Morgan fingerprint density at radius 3 is 2.28 bits per heavy atom. The molecule has 1 aliphatic heterocycles. The fraction of sp³-hybridized carbons (Fsp3) is 0.211. The average molecular weight is 337 g/mol. The molecule has 0 unspecified atom stereocenters. The lowest BCUT2D eigenvalue weighted by atomic mass is 10.1. The number of hydrazine groups is 1. The molecular formula is C19H19N3O3. The number of nitrogens with one attached hydrogen (secondary N) is 2. The molecule has 0 radical (unpaired) electrons. The Bertz CT molecular complexity index is 790. The molecule has 2 aromatic carbocycles. The van der Waals surface area contributed by atoms with Gasteiger partial charge in [0.15, 0.2) is 0 Å². The molecule has 0 aromatic heterocycles. The number of carbonyl (C=O) groups excluding carboxylic acids is 3. The summed E-state index contributed by atoms with van der Waals surface area (Å²) in [5, 5.41) is 0. The van der Waals surface area contributed by atoms with E-state index in [2.05, 4.69) is 10.9 Å². The number of nitrogens with zero attached hydrogens (tertiary/aromatic N) is 1. The topological polar surface area (TPSA) is 78.5 Å². The number of hydrogen-bond acceptors (Lipinski definition) is 3. The maximum absolute atomic E-state index is 12.2.